The molecule has 2 aliphatic heterocycles. The highest BCUT2D eigenvalue weighted by Crippen LogP contribution is 2.28. The molecule has 27 heavy (non-hydrogen) atoms. The number of nitrogens with zero attached hydrogens (tertiary/aromatic N) is 7. The zero-order valence-electron chi connectivity index (χ0n) is 14.8. The number of hydrogen-bond acceptors (Lipinski definition) is 5. The molecule has 0 radical (unpaired) electrons. The van der Waals surface area contributed by atoms with Crippen molar-refractivity contribution in [1.29, 1.82) is 0 Å². The van der Waals surface area contributed by atoms with Crippen LogP contribution in [0.4, 0.5) is 15.9 Å². The molecule has 0 aliphatic carbocycles. The first-order valence-corrected chi connectivity index (χ1v) is 8.83. The second kappa shape index (κ2) is 5.90. The van der Waals surface area contributed by atoms with E-state index in [0.717, 1.165) is 22.8 Å². The van der Waals surface area contributed by atoms with E-state index in [9.17, 15) is 9.18 Å². The van der Waals surface area contributed by atoms with Gasteiger partial charge in [-0.1, -0.05) is 0 Å². The van der Waals surface area contributed by atoms with E-state index in [1.807, 2.05) is 30.3 Å². The monoisotopic (exact) mass is 367 g/mol. The van der Waals surface area contributed by atoms with Gasteiger partial charge < -0.3 is 4.90 Å². The average molecular weight is 367 g/mol. The minimum absolute atomic E-state index is 0.132. The summed E-state index contributed by atoms with van der Waals surface area (Å²) >= 11 is 0. The maximum absolute atomic E-state index is 13.4. The van der Waals surface area contributed by atoms with Crippen LogP contribution in [-0.2, 0) is 13.6 Å². The summed E-state index contributed by atoms with van der Waals surface area (Å²) in [5.74, 6) is 0.629. The van der Waals surface area contributed by atoms with Crippen LogP contribution in [0.5, 0.6) is 0 Å². The summed E-state index contributed by atoms with van der Waals surface area (Å²) in [5.41, 5.74) is 2.84. The van der Waals surface area contributed by atoms with Crippen LogP contribution in [0.25, 0.3) is 5.69 Å². The number of anilines is 2. The molecule has 3 aromatic heterocycles. The lowest BCUT2D eigenvalue weighted by molar-refractivity contribution is 0.0991. The Morgan fingerprint density at radius 1 is 1.19 bits per heavy atom. The third-order valence-electron chi connectivity index (χ3n) is 5.02. The van der Waals surface area contributed by atoms with Gasteiger partial charge in [0.15, 0.2) is 5.69 Å². The van der Waals surface area contributed by atoms with Gasteiger partial charge in [0.05, 0.1) is 36.9 Å². The Morgan fingerprint density at radius 2 is 2.07 bits per heavy atom. The van der Waals surface area contributed by atoms with Crippen molar-refractivity contribution in [3.8, 4) is 5.69 Å². The number of halogens is 1. The van der Waals surface area contributed by atoms with Crippen LogP contribution in [0.1, 0.15) is 22.5 Å². The van der Waals surface area contributed by atoms with Gasteiger partial charge in [-0.15, -0.1) is 0 Å². The highest BCUT2D eigenvalue weighted by Gasteiger charge is 2.33. The molecule has 0 saturated carbocycles. The normalized spacial score (nSPS) is 19.2. The third kappa shape index (κ3) is 2.66. The van der Waals surface area contributed by atoms with Crippen LogP contribution in [0.3, 0.4) is 0 Å². The molecule has 1 saturated heterocycles. The number of pyridine rings is 1. The molecule has 3 aromatic rings. The third-order valence-corrected chi connectivity index (χ3v) is 5.02. The maximum Gasteiger partial charge on any atom is 0.279 e. The van der Waals surface area contributed by atoms with Gasteiger partial charge in [0.25, 0.3) is 5.91 Å². The number of aryl methyl sites for hydroxylation is 1. The van der Waals surface area contributed by atoms with Gasteiger partial charge in [0.1, 0.15) is 12.0 Å². The SMILES string of the molecule is Cn1cc(N2Cc3cn(-c4ccc(N5CC[C@H](F)C5)nc4)nc3C2=O)cn1. The summed E-state index contributed by atoms with van der Waals surface area (Å²) in [6.07, 6.45) is 6.79. The quantitative estimate of drug-likeness (QED) is 0.705. The maximum atomic E-state index is 13.4. The molecule has 5 heterocycles. The van der Waals surface area contributed by atoms with Gasteiger partial charge in [-0.2, -0.15) is 10.2 Å². The van der Waals surface area contributed by atoms with E-state index >= 15 is 0 Å². The number of rotatable bonds is 3. The topological polar surface area (TPSA) is 72.1 Å². The Bertz CT molecular complexity index is 1010. The van der Waals surface area contributed by atoms with Crippen LogP contribution < -0.4 is 9.80 Å². The van der Waals surface area contributed by atoms with E-state index in [1.165, 1.54) is 0 Å². The van der Waals surface area contributed by atoms with Crippen molar-refractivity contribution in [2.45, 2.75) is 19.1 Å². The zero-order valence-corrected chi connectivity index (χ0v) is 14.8. The molecule has 138 valence electrons. The fraction of sp³-hybridized carbons (Fsp3) is 0.333. The summed E-state index contributed by atoms with van der Waals surface area (Å²) in [6.45, 7) is 1.54. The number of carbonyl (C=O) groups is 1. The molecule has 0 spiro atoms. The summed E-state index contributed by atoms with van der Waals surface area (Å²) < 4.78 is 16.7. The van der Waals surface area contributed by atoms with Crippen molar-refractivity contribution >= 4 is 17.4 Å². The zero-order chi connectivity index (χ0) is 18.5. The van der Waals surface area contributed by atoms with Crippen LogP contribution in [0.15, 0.2) is 36.9 Å². The van der Waals surface area contributed by atoms with Gasteiger partial charge in [0.2, 0.25) is 0 Å². The van der Waals surface area contributed by atoms with Gasteiger partial charge >= 0.3 is 0 Å². The van der Waals surface area contributed by atoms with E-state index in [1.54, 1.807) is 32.9 Å². The molecule has 1 amide bonds. The van der Waals surface area contributed by atoms with E-state index in [4.69, 9.17) is 0 Å². The van der Waals surface area contributed by atoms with Crippen molar-refractivity contribution in [3.63, 3.8) is 0 Å². The van der Waals surface area contributed by atoms with Crippen molar-refractivity contribution in [3.05, 3.63) is 48.2 Å². The summed E-state index contributed by atoms with van der Waals surface area (Å²) in [7, 11) is 1.82. The molecule has 0 aromatic carbocycles. The van der Waals surface area contributed by atoms with Crippen LogP contribution in [0.2, 0.25) is 0 Å². The predicted molar refractivity (Wildman–Crippen MR) is 96.8 cm³/mol. The Balaban J connectivity index is 1.37. The smallest absolute Gasteiger partial charge is 0.279 e. The number of carbonyl (C=O) groups excluding carboxylic acids is 1. The Kier molecular flexibility index (Phi) is 3.49. The fourth-order valence-electron chi connectivity index (χ4n) is 3.59. The molecule has 9 heteroatoms. The van der Waals surface area contributed by atoms with Crippen molar-refractivity contribution in [2.75, 3.05) is 22.9 Å². The lowest BCUT2D eigenvalue weighted by Gasteiger charge is -2.16. The summed E-state index contributed by atoms with van der Waals surface area (Å²) in [6, 6.07) is 3.75. The molecule has 0 N–H and O–H groups in total. The molecular formula is C18H18FN7O. The van der Waals surface area contributed by atoms with Crippen LogP contribution >= 0.6 is 0 Å². The highest BCUT2D eigenvalue weighted by molar-refractivity contribution is 6.08. The number of amides is 1. The first-order valence-electron chi connectivity index (χ1n) is 8.83. The average Bonchev–Trinajstić information content (AvgIpc) is 3.42. The molecule has 0 bridgehead atoms. The van der Waals surface area contributed by atoms with Crippen molar-refractivity contribution in [1.82, 2.24) is 24.5 Å². The Hall–Kier alpha value is -3.23. The second-order valence-electron chi connectivity index (χ2n) is 6.92. The van der Waals surface area contributed by atoms with Gasteiger partial charge in [-0.25, -0.2) is 14.1 Å². The van der Waals surface area contributed by atoms with E-state index in [0.29, 0.717) is 31.7 Å². The lowest BCUT2D eigenvalue weighted by atomic mass is 10.3. The highest BCUT2D eigenvalue weighted by atomic mass is 19.1. The lowest BCUT2D eigenvalue weighted by Crippen LogP contribution is -2.24. The van der Waals surface area contributed by atoms with Gasteiger partial charge in [0, 0.05) is 31.5 Å². The molecule has 2 aliphatic rings. The predicted octanol–water partition coefficient (Wildman–Crippen LogP) is 1.71. The Labute approximate surface area is 154 Å². The number of alkyl halides is 1. The van der Waals surface area contributed by atoms with E-state index in [2.05, 4.69) is 15.2 Å². The summed E-state index contributed by atoms with van der Waals surface area (Å²) in [4.78, 5) is 20.7. The fourth-order valence-corrected chi connectivity index (χ4v) is 3.59. The Morgan fingerprint density at radius 3 is 2.70 bits per heavy atom. The minimum Gasteiger partial charge on any atom is -0.354 e. The summed E-state index contributed by atoms with van der Waals surface area (Å²) in [5, 5.41) is 8.56. The number of fused-ring (bicyclic) bond motifs is 1. The molecule has 1 atom stereocenters. The van der Waals surface area contributed by atoms with Crippen LogP contribution in [0, 0.1) is 0 Å². The van der Waals surface area contributed by atoms with Gasteiger partial charge in [-0.3, -0.25) is 14.4 Å². The van der Waals surface area contributed by atoms with E-state index in [-0.39, 0.29) is 5.91 Å². The second-order valence-corrected chi connectivity index (χ2v) is 6.92. The molecule has 1 fully saturated rings. The van der Waals surface area contributed by atoms with Crippen molar-refractivity contribution < 1.29 is 9.18 Å². The van der Waals surface area contributed by atoms with Gasteiger partial charge in [-0.05, 0) is 18.6 Å². The molecular weight excluding hydrogens is 349 g/mol. The first kappa shape index (κ1) is 16.0. The largest absolute Gasteiger partial charge is 0.354 e. The standard InChI is InChI=1S/C18H18FN7O/c1-23-11-15(7-21-23)25-8-12-9-26(22-17(12)18(25)27)14-2-3-16(20-6-14)24-5-4-13(19)10-24/h2-3,6-7,9,11,13H,4-5,8,10H2,1H3/t13-/m0/s1. The van der Waals surface area contributed by atoms with Crippen LogP contribution in [-0.4, -0.2) is 49.7 Å². The molecule has 5 rings (SSSR count). The molecule has 8 nitrogen and oxygen atoms in total. The van der Waals surface area contributed by atoms with Crippen molar-refractivity contribution in [2.24, 2.45) is 7.05 Å². The number of aromatic nitrogens is 5. The minimum atomic E-state index is -0.783. The number of hydrogen-bond donors (Lipinski definition) is 0. The first-order chi connectivity index (χ1) is 13.1. The molecule has 0 unspecified atom stereocenters. The van der Waals surface area contributed by atoms with E-state index < -0.39 is 6.17 Å².